The largest absolute Gasteiger partial charge is 0.444 e. The lowest BCUT2D eigenvalue weighted by molar-refractivity contribution is 0.0144. The Labute approximate surface area is 123 Å². The van der Waals surface area contributed by atoms with Crippen molar-refractivity contribution in [1.82, 2.24) is 9.80 Å². The van der Waals surface area contributed by atoms with E-state index in [1.165, 1.54) is 12.8 Å². The average molecular weight is 285 g/mol. The molecule has 0 aliphatic carbocycles. The van der Waals surface area contributed by atoms with E-state index in [9.17, 15) is 4.79 Å². The number of nitrogens with two attached hydrogens (primary N) is 1. The highest BCUT2D eigenvalue weighted by Gasteiger charge is 2.25. The number of hydrogen-bond acceptors (Lipinski definition) is 4. The molecule has 2 N–H and O–H groups in total. The van der Waals surface area contributed by atoms with Crippen molar-refractivity contribution in [2.75, 3.05) is 32.7 Å². The minimum atomic E-state index is -0.410. The van der Waals surface area contributed by atoms with E-state index in [1.54, 1.807) is 0 Å². The third-order valence-electron chi connectivity index (χ3n) is 3.41. The molecule has 1 atom stereocenters. The van der Waals surface area contributed by atoms with E-state index in [-0.39, 0.29) is 6.09 Å². The minimum Gasteiger partial charge on any atom is -0.444 e. The Hall–Kier alpha value is -0.810. The van der Waals surface area contributed by atoms with Crippen LogP contribution in [0.4, 0.5) is 4.79 Å². The zero-order valence-electron chi connectivity index (χ0n) is 13.5. The molecule has 118 valence electrons. The van der Waals surface area contributed by atoms with Gasteiger partial charge in [-0.25, -0.2) is 4.79 Å². The maximum Gasteiger partial charge on any atom is 0.410 e. The van der Waals surface area contributed by atoms with Crippen molar-refractivity contribution in [2.24, 2.45) is 5.73 Å². The predicted molar refractivity (Wildman–Crippen MR) is 81.7 cm³/mol. The molecule has 5 nitrogen and oxygen atoms in total. The molecule has 0 radical (unpaired) electrons. The smallest absolute Gasteiger partial charge is 0.410 e. The molecule has 1 aliphatic rings. The van der Waals surface area contributed by atoms with Crippen LogP contribution >= 0.6 is 0 Å². The van der Waals surface area contributed by atoms with Crippen molar-refractivity contribution in [3.63, 3.8) is 0 Å². The van der Waals surface area contributed by atoms with Gasteiger partial charge in [0.1, 0.15) is 5.60 Å². The first-order valence-electron chi connectivity index (χ1n) is 7.74. The Morgan fingerprint density at radius 1 is 1.20 bits per heavy atom. The molecule has 1 rings (SSSR count). The van der Waals surface area contributed by atoms with E-state index in [0.717, 1.165) is 39.1 Å². The fraction of sp³-hybridized carbons (Fsp3) is 0.933. The van der Waals surface area contributed by atoms with E-state index < -0.39 is 5.60 Å². The summed E-state index contributed by atoms with van der Waals surface area (Å²) in [4.78, 5) is 16.2. The highest BCUT2D eigenvalue weighted by atomic mass is 16.6. The van der Waals surface area contributed by atoms with Crippen molar-refractivity contribution < 1.29 is 9.53 Å². The van der Waals surface area contributed by atoms with Gasteiger partial charge >= 0.3 is 6.09 Å². The van der Waals surface area contributed by atoms with Gasteiger partial charge in [0.25, 0.3) is 0 Å². The minimum absolute atomic E-state index is 0.186. The fourth-order valence-corrected chi connectivity index (χ4v) is 2.28. The van der Waals surface area contributed by atoms with E-state index in [1.807, 2.05) is 25.7 Å². The second-order valence-electron chi connectivity index (χ2n) is 6.78. The normalized spacial score (nSPS) is 18.9. The molecule has 5 heteroatoms. The number of amides is 1. The Bertz CT molecular complexity index is 292. The molecule has 1 fully saturated rings. The number of rotatable bonds is 5. The van der Waals surface area contributed by atoms with Gasteiger partial charge < -0.3 is 15.4 Å². The van der Waals surface area contributed by atoms with Crippen LogP contribution in [0.3, 0.4) is 0 Å². The monoisotopic (exact) mass is 285 g/mol. The molecule has 0 bridgehead atoms. The molecule has 1 aliphatic heterocycles. The summed E-state index contributed by atoms with van der Waals surface area (Å²) in [5, 5.41) is 0. The lowest BCUT2D eigenvalue weighted by atomic mass is 10.1. The van der Waals surface area contributed by atoms with Gasteiger partial charge in [-0.3, -0.25) is 4.90 Å². The first kappa shape index (κ1) is 17.2. The first-order valence-corrected chi connectivity index (χ1v) is 7.74. The molecule has 1 amide bonds. The molecule has 1 saturated heterocycles. The Morgan fingerprint density at radius 3 is 2.30 bits per heavy atom. The zero-order chi connectivity index (χ0) is 15.2. The number of hydrogen-bond donors (Lipinski definition) is 1. The maximum atomic E-state index is 11.9. The second-order valence-corrected chi connectivity index (χ2v) is 6.78. The van der Waals surface area contributed by atoms with Crippen LogP contribution in [0.5, 0.6) is 0 Å². The van der Waals surface area contributed by atoms with Crippen LogP contribution in [-0.2, 0) is 4.74 Å². The predicted octanol–water partition coefficient (Wildman–Crippen LogP) is 2.06. The van der Waals surface area contributed by atoms with E-state index in [2.05, 4.69) is 11.8 Å². The molecule has 0 spiro atoms. The molecule has 0 saturated carbocycles. The average Bonchev–Trinajstić information content (AvgIpc) is 2.33. The van der Waals surface area contributed by atoms with Crippen LogP contribution in [0.1, 0.15) is 47.0 Å². The summed E-state index contributed by atoms with van der Waals surface area (Å²) in [5.74, 6) is 0. The van der Waals surface area contributed by atoms with Crippen LogP contribution in [0.15, 0.2) is 0 Å². The Kier molecular flexibility index (Phi) is 6.76. The van der Waals surface area contributed by atoms with Gasteiger partial charge in [-0.1, -0.05) is 6.42 Å². The summed E-state index contributed by atoms with van der Waals surface area (Å²) in [6.07, 6.45) is 3.28. The number of ether oxygens (including phenoxy) is 1. The van der Waals surface area contributed by atoms with Crippen molar-refractivity contribution >= 4 is 6.09 Å². The van der Waals surface area contributed by atoms with Crippen LogP contribution < -0.4 is 5.73 Å². The van der Waals surface area contributed by atoms with Crippen LogP contribution in [0.25, 0.3) is 0 Å². The van der Waals surface area contributed by atoms with E-state index >= 15 is 0 Å². The first-order chi connectivity index (χ1) is 9.28. The highest BCUT2D eigenvalue weighted by Crippen LogP contribution is 2.12. The van der Waals surface area contributed by atoms with Gasteiger partial charge in [-0.2, -0.15) is 0 Å². The zero-order valence-corrected chi connectivity index (χ0v) is 13.5. The molecule has 20 heavy (non-hydrogen) atoms. The summed E-state index contributed by atoms with van der Waals surface area (Å²) in [7, 11) is 0. The summed E-state index contributed by atoms with van der Waals surface area (Å²) >= 11 is 0. The second kappa shape index (κ2) is 7.84. The molecular formula is C15H31N3O2. The van der Waals surface area contributed by atoms with Crippen LogP contribution in [0, 0.1) is 0 Å². The quantitative estimate of drug-likeness (QED) is 0.786. The van der Waals surface area contributed by atoms with E-state index in [4.69, 9.17) is 10.5 Å². The number of carbonyl (C=O) groups is 1. The van der Waals surface area contributed by atoms with Crippen LogP contribution in [0.2, 0.25) is 0 Å². The maximum absolute atomic E-state index is 11.9. The van der Waals surface area contributed by atoms with Gasteiger partial charge in [0.2, 0.25) is 0 Å². The van der Waals surface area contributed by atoms with Crippen molar-refractivity contribution in [3.8, 4) is 0 Å². The summed E-state index contributed by atoms with van der Waals surface area (Å²) < 4.78 is 5.39. The van der Waals surface area contributed by atoms with Gasteiger partial charge in [-0.15, -0.1) is 0 Å². The van der Waals surface area contributed by atoms with Gasteiger partial charge in [0, 0.05) is 32.2 Å². The van der Waals surface area contributed by atoms with Gasteiger partial charge in [-0.05, 0) is 47.1 Å². The van der Waals surface area contributed by atoms with Gasteiger partial charge in [0.05, 0.1) is 0 Å². The number of carbonyl (C=O) groups excluding carboxylic acids is 1. The molecular weight excluding hydrogens is 254 g/mol. The van der Waals surface area contributed by atoms with Crippen molar-refractivity contribution in [3.05, 3.63) is 0 Å². The molecule has 0 aromatic rings. The fourth-order valence-electron chi connectivity index (χ4n) is 2.28. The summed E-state index contributed by atoms with van der Waals surface area (Å²) in [6, 6.07) is 0.305. The highest BCUT2D eigenvalue weighted by molar-refractivity contribution is 5.68. The number of unbranched alkanes of at least 4 members (excludes halogenated alkanes) is 1. The molecule has 0 aromatic heterocycles. The standard InChI is InChI=1S/C15H31N3O2/c1-13(16)7-5-6-8-17-9-11-18(12-10-17)14(19)20-15(2,3)4/h13H,5-12,16H2,1-4H3/t13-/m1/s1. The number of piperazine rings is 1. The summed E-state index contributed by atoms with van der Waals surface area (Å²) in [6.45, 7) is 12.3. The molecule has 0 aromatic carbocycles. The third kappa shape index (κ3) is 7.10. The Balaban J connectivity index is 2.18. The third-order valence-corrected chi connectivity index (χ3v) is 3.41. The summed E-state index contributed by atoms with van der Waals surface area (Å²) in [5.41, 5.74) is 5.33. The molecule has 1 heterocycles. The topological polar surface area (TPSA) is 58.8 Å². The van der Waals surface area contributed by atoms with Crippen molar-refractivity contribution in [1.29, 1.82) is 0 Å². The number of nitrogens with zero attached hydrogens (tertiary/aromatic N) is 2. The van der Waals surface area contributed by atoms with E-state index in [0.29, 0.717) is 6.04 Å². The Morgan fingerprint density at radius 2 is 1.80 bits per heavy atom. The van der Waals surface area contributed by atoms with Gasteiger partial charge in [0.15, 0.2) is 0 Å². The lowest BCUT2D eigenvalue weighted by Crippen LogP contribution is -2.50. The van der Waals surface area contributed by atoms with Crippen molar-refractivity contribution in [2.45, 2.75) is 58.6 Å². The SMILES string of the molecule is C[C@@H](N)CCCCN1CCN(C(=O)OC(C)(C)C)CC1. The molecule has 0 unspecified atom stereocenters. The lowest BCUT2D eigenvalue weighted by Gasteiger charge is -2.35. The van der Waals surface area contributed by atoms with Crippen LogP contribution in [-0.4, -0.2) is 60.3 Å².